The van der Waals surface area contributed by atoms with Crippen molar-refractivity contribution in [3.63, 3.8) is 0 Å². The molecule has 1 aliphatic rings. The van der Waals surface area contributed by atoms with Gasteiger partial charge in [-0.05, 0) is 18.8 Å². The molecule has 90 valence electrons. The van der Waals surface area contributed by atoms with Crippen molar-refractivity contribution in [2.45, 2.75) is 40.2 Å². The predicted octanol–water partition coefficient (Wildman–Crippen LogP) is 1.12. The second-order valence-electron chi connectivity index (χ2n) is 6.03. The number of carbonyl (C=O) groups excluding carboxylic acids is 1. The average molecular weight is 223 g/mol. The summed E-state index contributed by atoms with van der Waals surface area (Å²) in [4.78, 5) is 13.8. The summed E-state index contributed by atoms with van der Waals surface area (Å²) in [5, 5.41) is 9.00. The summed E-state index contributed by atoms with van der Waals surface area (Å²) < 4.78 is 0. The number of nitrogens with zero attached hydrogens (tertiary/aromatic N) is 2. The van der Waals surface area contributed by atoms with Crippen molar-refractivity contribution in [1.29, 1.82) is 5.26 Å². The van der Waals surface area contributed by atoms with Crippen molar-refractivity contribution in [3.8, 4) is 6.07 Å². The molecule has 0 radical (unpaired) electrons. The van der Waals surface area contributed by atoms with Crippen molar-refractivity contribution in [2.75, 3.05) is 13.1 Å². The molecule has 1 saturated heterocycles. The molecule has 1 fully saturated rings. The van der Waals surface area contributed by atoms with E-state index in [9.17, 15) is 4.79 Å². The highest BCUT2D eigenvalue weighted by atomic mass is 16.2. The van der Waals surface area contributed by atoms with Crippen LogP contribution in [-0.2, 0) is 4.79 Å². The third-order valence-electron chi connectivity index (χ3n) is 3.25. The van der Waals surface area contributed by atoms with Crippen LogP contribution in [0.5, 0.6) is 0 Å². The number of likely N-dealkylation sites (tertiary alicyclic amines) is 1. The number of hydrogen-bond acceptors (Lipinski definition) is 3. The fourth-order valence-electron chi connectivity index (χ4n) is 1.81. The van der Waals surface area contributed by atoms with Gasteiger partial charge in [-0.25, -0.2) is 0 Å². The van der Waals surface area contributed by atoms with Gasteiger partial charge in [0, 0.05) is 13.1 Å². The Hall–Kier alpha value is -1.08. The number of nitriles is 1. The molecule has 0 aromatic rings. The van der Waals surface area contributed by atoms with E-state index in [1.54, 1.807) is 4.90 Å². The maximum Gasteiger partial charge on any atom is 0.240 e. The smallest absolute Gasteiger partial charge is 0.240 e. The number of hydrogen-bond donors (Lipinski definition) is 1. The van der Waals surface area contributed by atoms with Gasteiger partial charge in [-0.3, -0.25) is 4.79 Å². The van der Waals surface area contributed by atoms with Gasteiger partial charge in [0.15, 0.2) is 0 Å². The molecular formula is C12H21N3O. The monoisotopic (exact) mass is 223 g/mol. The molecule has 16 heavy (non-hydrogen) atoms. The predicted molar refractivity (Wildman–Crippen MR) is 62.3 cm³/mol. The van der Waals surface area contributed by atoms with Crippen molar-refractivity contribution in [2.24, 2.45) is 16.6 Å². The zero-order valence-electron chi connectivity index (χ0n) is 10.6. The van der Waals surface area contributed by atoms with Gasteiger partial charge in [0.25, 0.3) is 0 Å². The Bertz CT molecular complexity index is 326. The van der Waals surface area contributed by atoms with Crippen LogP contribution in [0.25, 0.3) is 0 Å². The minimum Gasteiger partial charge on any atom is -0.340 e. The SMILES string of the molecule is CC1(C#N)CCN(C(=O)[C@H](N)C(C)(C)C)C1. The zero-order valence-corrected chi connectivity index (χ0v) is 10.6. The van der Waals surface area contributed by atoms with E-state index >= 15 is 0 Å². The van der Waals surface area contributed by atoms with E-state index in [1.165, 1.54) is 0 Å². The van der Waals surface area contributed by atoms with Crippen LogP contribution in [0.1, 0.15) is 34.1 Å². The zero-order chi connectivity index (χ0) is 12.6. The third kappa shape index (κ3) is 2.53. The van der Waals surface area contributed by atoms with Gasteiger partial charge in [0.1, 0.15) is 0 Å². The van der Waals surface area contributed by atoms with Crippen LogP contribution in [0.3, 0.4) is 0 Å². The fraction of sp³-hybridized carbons (Fsp3) is 0.833. The summed E-state index contributed by atoms with van der Waals surface area (Å²) in [6, 6.07) is 1.78. The van der Waals surface area contributed by atoms with E-state index in [2.05, 4.69) is 6.07 Å². The van der Waals surface area contributed by atoms with Gasteiger partial charge < -0.3 is 10.6 Å². The molecule has 1 aliphatic heterocycles. The Morgan fingerprint density at radius 3 is 2.50 bits per heavy atom. The molecule has 2 atom stereocenters. The first-order valence-corrected chi connectivity index (χ1v) is 5.65. The lowest BCUT2D eigenvalue weighted by Gasteiger charge is -2.30. The number of nitrogens with two attached hydrogens (primary N) is 1. The molecule has 1 unspecified atom stereocenters. The van der Waals surface area contributed by atoms with Crippen LogP contribution < -0.4 is 5.73 Å². The van der Waals surface area contributed by atoms with Gasteiger partial charge in [0.2, 0.25) is 5.91 Å². The van der Waals surface area contributed by atoms with Crippen LogP contribution >= 0.6 is 0 Å². The number of rotatable bonds is 1. The summed E-state index contributed by atoms with van der Waals surface area (Å²) >= 11 is 0. The largest absolute Gasteiger partial charge is 0.340 e. The maximum atomic E-state index is 12.1. The Morgan fingerprint density at radius 1 is 1.56 bits per heavy atom. The van der Waals surface area contributed by atoms with Crippen LogP contribution in [0, 0.1) is 22.2 Å². The van der Waals surface area contributed by atoms with Crippen molar-refractivity contribution >= 4 is 5.91 Å². The van der Waals surface area contributed by atoms with E-state index < -0.39 is 11.5 Å². The van der Waals surface area contributed by atoms with Crippen molar-refractivity contribution in [1.82, 2.24) is 4.90 Å². The number of carbonyl (C=O) groups is 1. The number of amides is 1. The summed E-state index contributed by atoms with van der Waals surface area (Å²) in [5.74, 6) is -0.0357. The molecule has 1 amide bonds. The molecule has 4 nitrogen and oxygen atoms in total. The normalized spacial score (nSPS) is 27.6. The lowest BCUT2D eigenvalue weighted by Crippen LogP contribution is -2.50. The minimum atomic E-state index is -0.492. The maximum absolute atomic E-state index is 12.1. The third-order valence-corrected chi connectivity index (χ3v) is 3.25. The fourth-order valence-corrected chi connectivity index (χ4v) is 1.81. The molecule has 0 bridgehead atoms. The lowest BCUT2D eigenvalue weighted by molar-refractivity contribution is -0.134. The topological polar surface area (TPSA) is 70.1 Å². The quantitative estimate of drug-likeness (QED) is 0.724. The average Bonchev–Trinajstić information content (AvgIpc) is 2.58. The van der Waals surface area contributed by atoms with E-state index in [1.807, 2.05) is 27.7 Å². The van der Waals surface area contributed by atoms with E-state index in [-0.39, 0.29) is 11.3 Å². The van der Waals surface area contributed by atoms with Crippen molar-refractivity contribution < 1.29 is 4.79 Å². The molecule has 1 heterocycles. The molecule has 0 aromatic carbocycles. The van der Waals surface area contributed by atoms with Gasteiger partial charge in [-0.2, -0.15) is 5.26 Å². The van der Waals surface area contributed by atoms with Gasteiger partial charge >= 0.3 is 0 Å². The Balaban J connectivity index is 2.69. The van der Waals surface area contributed by atoms with E-state index in [4.69, 9.17) is 11.0 Å². The molecular weight excluding hydrogens is 202 g/mol. The van der Waals surface area contributed by atoms with Crippen LogP contribution in [0.15, 0.2) is 0 Å². The highest BCUT2D eigenvalue weighted by Crippen LogP contribution is 2.30. The molecule has 2 N–H and O–H groups in total. The summed E-state index contributed by atoms with van der Waals surface area (Å²) in [5.41, 5.74) is 5.30. The second-order valence-corrected chi connectivity index (χ2v) is 6.03. The van der Waals surface area contributed by atoms with Crippen LogP contribution in [0.2, 0.25) is 0 Å². The molecule has 0 aliphatic carbocycles. The highest BCUT2D eigenvalue weighted by molar-refractivity contribution is 5.82. The first-order chi connectivity index (χ1) is 7.19. The van der Waals surface area contributed by atoms with Gasteiger partial charge in [-0.15, -0.1) is 0 Å². The minimum absolute atomic E-state index is 0.0357. The first kappa shape index (κ1) is 13.0. The highest BCUT2D eigenvalue weighted by Gasteiger charge is 2.39. The second kappa shape index (κ2) is 4.06. The van der Waals surface area contributed by atoms with E-state index in [0.29, 0.717) is 13.1 Å². The molecule has 0 spiro atoms. The summed E-state index contributed by atoms with van der Waals surface area (Å²) in [6.45, 7) is 8.90. The standard InChI is InChI=1S/C12H21N3O/c1-11(2,3)9(14)10(16)15-6-5-12(4,7-13)8-15/h9H,5-6,8,14H2,1-4H3/t9-,12?/m0/s1. The van der Waals surface area contributed by atoms with Gasteiger partial charge in [0.05, 0.1) is 17.5 Å². The summed E-state index contributed by atoms with van der Waals surface area (Å²) in [6.07, 6.45) is 0.742. The van der Waals surface area contributed by atoms with Crippen molar-refractivity contribution in [3.05, 3.63) is 0 Å². The summed E-state index contributed by atoms with van der Waals surface area (Å²) in [7, 11) is 0. The van der Waals surface area contributed by atoms with Crippen LogP contribution in [-0.4, -0.2) is 29.9 Å². The lowest BCUT2D eigenvalue weighted by atomic mass is 9.86. The Kier molecular flexibility index (Phi) is 3.30. The molecule has 1 rings (SSSR count). The first-order valence-electron chi connectivity index (χ1n) is 5.65. The van der Waals surface area contributed by atoms with Crippen LogP contribution in [0.4, 0.5) is 0 Å². The molecule has 0 saturated carbocycles. The molecule has 4 heteroatoms. The van der Waals surface area contributed by atoms with E-state index in [0.717, 1.165) is 6.42 Å². The van der Waals surface area contributed by atoms with Gasteiger partial charge in [-0.1, -0.05) is 20.8 Å². The molecule has 0 aromatic heterocycles. The Morgan fingerprint density at radius 2 is 2.12 bits per heavy atom. The Labute approximate surface area is 97.4 Å².